The smallest absolute Gasteiger partial charge is 0.337 e. The third-order valence-corrected chi connectivity index (χ3v) is 4.38. The second kappa shape index (κ2) is 9.30. The van der Waals surface area contributed by atoms with Crippen molar-refractivity contribution in [1.29, 1.82) is 0 Å². The largest absolute Gasteiger partial charge is 0.465 e. The highest BCUT2D eigenvalue weighted by molar-refractivity contribution is 5.89. The van der Waals surface area contributed by atoms with Crippen molar-refractivity contribution in [3.8, 4) is 0 Å². The Hall–Kier alpha value is -2.70. The van der Waals surface area contributed by atoms with Crippen LogP contribution in [0.2, 0.25) is 0 Å². The fraction of sp³-hybridized carbons (Fsp3) is 0.333. The highest BCUT2D eigenvalue weighted by Gasteiger charge is 2.17. The van der Waals surface area contributed by atoms with Gasteiger partial charge in [-0.15, -0.1) is 0 Å². The molecule has 0 aliphatic carbocycles. The van der Waals surface area contributed by atoms with Crippen LogP contribution in [-0.4, -0.2) is 32.2 Å². The van der Waals surface area contributed by atoms with Crippen molar-refractivity contribution in [1.82, 2.24) is 5.32 Å². The Morgan fingerprint density at radius 2 is 1.63 bits per heavy atom. The summed E-state index contributed by atoms with van der Waals surface area (Å²) < 4.78 is 15.6. The van der Waals surface area contributed by atoms with Gasteiger partial charge in [0.15, 0.2) is 6.29 Å². The number of methoxy groups -OCH3 is 1. The van der Waals surface area contributed by atoms with E-state index in [0.717, 1.165) is 16.7 Å². The molecule has 2 aromatic carbocycles. The standard InChI is InChI=1S/C21H23NO5/c1-25-20(24)17-7-4-16(5-8-17)14-22-19(23)11-6-15-2-9-18(10-3-15)21-26-12-13-27-21/h2-5,7-10,21H,6,11-14H2,1H3,(H,22,23). The topological polar surface area (TPSA) is 73.9 Å². The van der Waals surface area contributed by atoms with Crippen molar-refractivity contribution >= 4 is 11.9 Å². The molecule has 1 heterocycles. The van der Waals surface area contributed by atoms with Gasteiger partial charge in [-0.25, -0.2) is 4.79 Å². The number of carbonyl (C=O) groups excluding carboxylic acids is 2. The third kappa shape index (κ3) is 5.39. The van der Waals surface area contributed by atoms with Crippen LogP contribution in [0.3, 0.4) is 0 Å². The van der Waals surface area contributed by atoms with Gasteiger partial charge in [-0.1, -0.05) is 36.4 Å². The summed E-state index contributed by atoms with van der Waals surface area (Å²) in [4.78, 5) is 23.5. The molecule has 0 unspecified atom stereocenters. The van der Waals surface area contributed by atoms with E-state index >= 15 is 0 Å². The molecule has 1 aliphatic rings. The van der Waals surface area contributed by atoms with Crippen LogP contribution in [0.5, 0.6) is 0 Å². The second-order valence-electron chi connectivity index (χ2n) is 6.28. The molecule has 0 saturated carbocycles. The maximum atomic E-state index is 12.1. The molecular formula is C21H23NO5. The number of hydrogen-bond acceptors (Lipinski definition) is 5. The molecular weight excluding hydrogens is 346 g/mol. The summed E-state index contributed by atoms with van der Waals surface area (Å²) in [6.07, 6.45) is 0.809. The van der Waals surface area contributed by atoms with Crippen LogP contribution in [-0.2, 0) is 32.0 Å². The molecule has 6 heteroatoms. The highest BCUT2D eigenvalue weighted by Crippen LogP contribution is 2.23. The van der Waals surface area contributed by atoms with Crippen LogP contribution in [0.4, 0.5) is 0 Å². The van der Waals surface area contributed by atoms with Crippen LogP contribution in [0.15, 0.2) is 48.5 Å². The van der Waals surface area contributed by atoms with E-state index in [1.165, 1.54) is 7.11 Å². The zero-order valence-corrected chi connectivity index (χ0v) is 15.3. The van der Waals surface area contributed by atoms with Crippen molar-refractivity contribution in [3.05, 3.63) is 70.8 Å². The lowest BCUT2D eigenvalue weighted by atomic mass is 10.1. The predicted molar refractivity (Wildman–Crippen MR) is 99.0 cm³/mol. The van der Waals surface area contributed by atoms with E-state index in [1.807, 2.05) is 24.3 Å². The Kier molecular flexibility index (Phi) is 6.57. The zero-order chi connectivity index (χ0) is 19.1. The fourth-order valence-corrected chi connectivity index (χ4v) is 2.82. The van der Waals surface area contributed by atoms with Gasteiger partial charge in [-0.2, -0.15) is 0 Å². The molecule has 0 aromatic heterocycles. The normalized spacial score (nSPS) is 14.1. The van der Waals surface area contributed by atoms with Gasteiger partial charge in [-0.3, -0.25) is 4.79 Å². The molecule has 1 saturated heterocycles. The number of ether oxygens (including phenoxy) is 3. The first-order valence-corrected chi connectivity index (χ1v) is 8.91. The van der Waals surface area contributed by atoms with E-state index in [0.29, 0.717) is 38.2 Å². The molecule has 0 bridgehead atoms. The number of esters is 1. The van der Waals surface area contributed by atoms with Gasteiger partial charge in [0.25, 0.3) is 0 Å². The van der Waals surface area contributed by atoms with Crippen LogP contribution in [0.1, 0.15) is 39.8 Å². The maximum absolute atomic E-state index is 12.1. The Morgan fingerprint density at radius 1 is 1.00 bits per heavy atom. The van der Waals surface area contributed by atoms with Crippen molar-refractivity contribution in [2.75, 3.05) is 20.3 Å². The van der Waals surface area contributed by atoms with E-state index in [4.69, 9.17) is 9.47 Å². The lowest BCUT2D eigenvalue weighted by molar-refractivity contribution is -0.121. The summed E-state index contributed by atoms with van der Waals surface area (Å²) in [5.41, 5.74) is 3.51. The van der Waals surface area contributed by atoms with Gasteiger partial charge in [0.1, 0.15) is 0 Å². The van der Waals surface area contributed by atoms with Gasteiger partial charge < -0.3 is 19.5 Å². The minimum absolute atomic E-state index is 0.0152. The Morgan fingerprint density at radius 3 is 2.26 bits per heavy atom. The minimum Gasteiger partial charge on any atom is -0.465 e. The Labute approximate surface area is 158 Å². The average molecular weight is 369 g/mol. The van der Waals surface area contributed by atoms with Gasteiger partial charge >= 0.3 is 5.97 Å². The van der Waals surface area contributed by atoms with Crippen molar-refractivity contribution in [3.63, 3.8) is 0 Å². The summed E-state index contributed by atoms with van der Waals surface area (Å²) >= 11 is 0. The molecule has 0 spiro atoms. The van der Waals surface area contributed by atoms with Gasteiger partial charge in [0, 0.05) is 18.5 Å². The second-order valence-corrected chi connectivity index (χ2v) is 6.28. The molecule has 1 aliphatic heterocycles. The van der Waals surface area contributed by atoms with E-state index < -0.39 is 0 Å². The first-order chi connectivity index (χ1) is 13.2. The first-order valence-electron chi connectivity index (χ1n) is 8.91. The SMILES string of the molecule is COC(=O)c1ccc(CNC(=O)CCc2ccc(C3OCCO3)cc2)cc1. The number of benzene rings is 2. The number of hydrogen-bond donors (Lipinski definition) is 1. The van der Waals surface area contributed by atoms with Crippen molar-refractivity contribution in [2.24, 2.45) is 0 Å². The lowest BCUT2D eigenvalue weighted by Crippen LogP contribution is -2.23. The molecule has 1 amide bonds. The predicted octanol–water partition coefficient (Wildman–Crippen LogP) is 2.77. The fourth-order valence-electron chi connectivity index (χ4n) is 2.82. The number of aryl methyl sites for hydroxylation is 1. The molecule has 3 rings (SSSR count). The molecule has 2 aromatic rings. The monoisotopic (exact) mass is 369 g/mol. The molecule has 0 atom stereocenters. The highest BCUT2D eigenvalue weighted by atomic mass is 16.7. The minimum atomic E-state index is -0.373. The number of rotatable bonds is 7. The van der Waals surface area contributed by atoms with Crippen molar-refractivity contribution in [2.45, 2.75) is 25.7 Å². The van der Waals surface area contributed by atoms with E-state index in [2.05, 4.69) is 10.1 Å². The third-order valence-electron chi connectivity index (χ3n) is 4.38. The van der Waals surface area contributed by atoms with Crippen LogP contribution in [0, 0.1) is 0 Å². The average Bonchev–Trinajstić information content (AvgIpc) is 3.26. The molecule has 0 radical (unpaired) electrons. The Balaban J connectivity index is 1.42. The Bertz CT molecular complexity index is 764. The molecule has 6 nitrogen and oxygen atoms in total. The molecule has 1 fully saturated rings. The summed E-state index contributed by atoms with van der Waals surface area (Å²) in [5, 5.41) is 2.89. The van der Waals surface area contributed by atoms with Gasteiger partial charge in [-0.05, 0) is 29.7 Å². The zero-order valence-electron chi connectivity index (χ0n) is 15.3. The van der Waals surface area contributed by atoms with E-state index in [1.54, 1.807) is 24.3 Å². The summed E-state index contributed by atoms with van der Waals surface area (Å²) in [6, 6.07) is 14.9. The lowest BCUT2D eigenvalue weighted by Gasteiger charge is -2.10. The molecule has 27 heavy (non-hydrogen) atoms. The number of amides is 1. The van der Waals surface area contributed by atoms with Gasteiger partial charge in [0.05, 0.1) is 25.9 Å². The summed E-state index contributed by atoms with van der Waals surface area (Å²) in [5.74, 6) is -0.388. The van der Waals surface area contributed by atoms with Crippen LogP contribution >= 0.6 is 0 Å². The van der Waals surface area contributed by atoms with Gasteiger partial charge in [0.2, 0.25) is 5.91 Å². The van der Waals surface area contributed by atoms with E-state index in [-0.39, 0.29) is 18.2 Å². The maximum Gasteiger partial charge on any atom is 0.337 e. The quantitative estimate of drug-likeness (QED) is 0.760. The van der Waals surface area contributed by atoms with E-state index in [9.17, 15) is 9.59 Å². The molecule has 142 valence electrons. The molecule has 1 N–H and O–H groups in total. The first kappa shape index (κ1) is 19.1. The number of nitrogens with one attached hydrogen (secondary N) is 1. The number of carbonyl (C=O) groups is 2. The summed E-state index contributed by atoms with van der Waals surface area (Å²) in [6.45, 7) is 1.67. The van der Waals surface area contributed by atoms with Crippen LogP contribution in [0.25, 0.3) is 0 Å². The summed E-state index contributed by atoms with van der Waals surface area (Å²) in [7, 11) is 1.35. The van der Waals surface area contributed by atoms with Crippen LogP contribution < -0.4 is 5.32 Å². The van der Waals surface area contributed by atoms with Crippen molar-refractivity contribution < 1.29 is 23.8 Å².